The van der Waals surface area contributed by atoms with Crippen LogP contribution in [0.1, 0.15) is 64.9 Å². The van der Waals surface area contributed by atoms with E-state index in [4.69, 9.17) is 16.2 Å². The van der Waals surface area contributed by atoms with Crippen molar-refractivity contribution in [2.75, 3.05) is 12.3 Å². The molecule has 0 spiro atoms. The molecule has 1 amide bonds. The van der Waals surface area contributed by atoms with E-state index >= 15 is 0 Å². The van der Waals surface area contributed by atoms with Crippen LogP contribution in [0.5, 0.6) is 0 Å². The van der Waals surface area contributed by atoms with E-state index in [1.54, 1.807) is 12.1 Å². The Hall–Kier alpha value is -4.23. The zero-order valence-corrected chi connectivity index (χ0v) is 28.7. The van der Waals surface area contributed by atoms with Crippen molar-refractivity contribution in [2.24, 2.45) is 0 Å². The minimum absolute atomic E-state index is 0.0581. The molecule has 5 nitrogen and oxygen atoms in total. The number of halogens is 1. The second-order valence-corrected chi connectivity index (χ2v) is 15.0. The summed E-state index contributed by atoms with van der Waals surface area (Å²) in [6.07, 6.45) is 0.712. The molecule has 5 rings (SSSR count). The van der Waals surface area contributed by atoms with Crippen molar-refractivity contribution in [3.8, 4) is 22.3 Å². The summed E-state index contributed by atoms with van der Waals surface area (Å²) in [6.45, 7) is 8.50. The van der Waals surface area contributed by atoms with Crippen molar-refractivity contribution in [2.45, 2.75) is 45.4 Å². The van der Waals surface area contributed by atoms with Gasteiger partial charge in [-0.1, -0.05) is 123 Å². The van der Waals surface area contributed by atoms with Crippen LogP contribution in [0.2, 0.25) is 5.02 Å². The summed E-state index contributed by atoms with van der Waals surface area (Å²) in [5, 5.41) is 3.29. The zero-order valence-electron chi connectivity index (χ0n) is 27.1. The lowest BCUT2D eigenvalue weighted by molar-refractivity contribution is 0.0956. The second kappa shape index (κ2) is 14.3. The first-order chi connectivity index (χ1) is 22.3. The number of nitrogens with one attached hydrogen (secondary N) is 1. The fourth-order valence-electron chi connectivity index (χ4n) is 5.65. The van der Waals surface area contributed by atoms with Crippen LogP contribution >= 0.6 is 11.6 Å². The first-order valence-electron chi connectivity index (χ1n) is 15.7. The Morgan fingerprint density at radius 3 is 1.72 bits per heavy atom. The fourth-order valence-corrected chi connectivity index (χ4v) is 6.13. The van der Waals surface area contributed by atoms with E-state index < -0.39 is 21.8 Å². The summed E-state index contributed by atoms with van der Waals surface area (Å²) in [5.41, 5.74) is 10.8. The molecule has 1 unspecified atom stereocenters. The first-order valence-corrected chi connectivity index (χ1v) is 17.7. The standard InChI is InChI=1S/C40H40ClNO4S/c1-27-25-35(19-22-38(27)41)31-11-15-33(16-12-31)37(26-28-5-7-34(8-6-28)39(43)42-23-24-47(44,45)46)32-13-9-29(10-14-32)30-17-20-36(21-18-30)40(2,3)4/h5-22,25,37H,23-24,26H2,1-4H3,(H,42,43)(H,44,45,46). The summed E-state index contributed by atoms with van der Waals surface area (Å²) in [5.74, 6) is -0.866. The van der Waals surface area contributed by atoms with E-state index in [0.29, 0.717) is 12.0 Å². The molecule has 0 bridgehead atoms. The molecule has 0 aromatic heterocycles. The molecule has 47 heavy (non-hydrogen) atoms. The van der Waals surface area contributed by atoms with Gasteiger partial charge >= 0.3 is 0 Å². The monoisotopic (exact) mass is 665 g/mol. The van der Waals surface area contributed by atoms with Crippen molar-refractivity contribution in [1.82, 2.24) is 5.32 Å². The number of carbonyl (C=O) groups is 1. The summed E-state index contributed by atoms with van der Waals surface area (Å²) < 4.78 is 30.9. The smallest absolute Gasteiger partial charge is 0.266 e. The molecule has 0 aliphatic heterocycles. The van der Waals surface area contributed by atoms with Crippen LogP contribution in [0.4, 0.5) is 0 Å². The van der Waals surface area contributed by atoms with Crippen LogP contribution in [-0.2, 0) is 22.0 Å². The van der Waals surface area contributed by atoms with Crippen molar-refractivity contribution in [3.63, 3.8) is 0 Å². The van der Waals surface area contributed by atoms with Gasteiger partial charge in [-0.05, 0) is 93.1 Å². The predicted octanol–water partition coefficient (Wildman–Crippen LogP) is 9.27. The van der Waals surface area contributed by atoms with Gasteiger partial charge in [0.1, 0.15) is 0 Å². The van der Waals surface area contributed by atoms with E-state index in [0.717, 1.165) is 32.8 Å². The molecule has 0 saturated carbocycles. The van der Waals surface area contributed by atoms with Crippen LogP contribution in [0.25, 0.3) is 22.3 Å². The maximum atomic E-state index is 12.5. The van der Waals surface area contributed by atoms with Gasteiger partial charge in [0.2, 0.25) is 0 Å². The zero-order chi connectivity index (χ0) is 33.8. The van der Waals surface area contributed by atoms with Crippen LogP contribution in [0.3, 0.4) is 0 Å². The number of hydrogen-bond donors (Lipinski definition) is 2. The van der Waals surface area contributed by atoms with E-state index in [1.165, 1.54) is 22.3 Å². The maximum Gasteiger partial charge on any atom is 0.266 e. The quantitative estimate of drug-likeness (QED) is 0.146. The molecule has 5 aromatic carbocycles. The number of hydrogen-bond acceptors (Lipinski definition) is 3. The van der Waals surface area contributed by atoms with Crippen LogP contribution in [-0.4, -0.2) is 31.2 Å². The van der Waals surface area contributed by atoms with Crippen LogP contribution < -0.4 is 5.32 Å². The van der Waals surface area contributed by atoms with Gasteiger partial charge in [0.05, 0.1) is 5.75 Å². The molecule has 5 aromatic rings. The van der Waals surface area contributed by atoms with E-state index in [2.05, 4.69) is 105 Å². The van der Waals surface area contributed by atoms with Gasteiger partial charge in [-0.25, -0.2) is 0 Å². The Morgan fingerprint density at radius 2 is 1.23 bits per heavy atom. The molecule has 0 heterocycles. The topological polar surface area (TPSA) is 83.5 Å². The fraction of sp³-hybridized carbons (Fsp3) is 0.225. The Kier molecular flexibility index (Phi) is 10.4. The minimum atomic E-state index is -4.14. The molecule has 0 fully saturated rings. The Bertz CT molecular complexity index is 1940. The van der Waals surface area contributed by atoms with Gasteiger partial charge in [-0.15, -0.1) is 0 Å². The molecule has 0 saturated heterocycles. The Balaban J connectivity index is 1.41. The lowest BCUT2D eigenvalue weighted by Gasteiger charge is -2.20. The van der Waals surface area contributed by atoms with Crippen molar-refractivity contribution >= 4 is 27.6 Å². The molecule has 2 N–H and O–H groups in total. The number of amides is 1. The normalized spacial score (nSPS) is 12.5. The summed E-state index contributed by atoms with van der Waals surface area (Å²) in [7, 11) is -4.14. The molecule has 0 radical (unpaired) electrons. The van der Waals surface area contributed by atoms with Gasteiger partial charge in [0.15, 0.2) is 0 Å². The highest BCUT2D eigenvalue weighted by Crippen LogP contribution is 2.33. The summed E-state index contributed by atoms with van der Waals surface area (Å²) >= 11 is 6.27. The van der Waals surface area contributed by atoms with Crippen molar-refractivity contribution in [1.29, 1.82) is 0 Å². The Labute approximate surface area is 283 Å². The first kappa shape index (κ1) is 34.1. The number of carbonyl (C=O) groups excluding carboxylic acids is 1. The van der Waals surface area contributed by atoms with Crippen LogP contribution in [0, 0.1) is 6.92 Å². The third-order valence-corrected chi connectivity index (χ3v) is 9.65. The van der Waals surface area contributed by atoms with Crippen molar-refractivity contribution < 1.29 is 17.8 Å². The maximum absolute atomic E-state index is 12.5. The third kappa shape index (κ3) is 8.98. The van der Waals surface area contributed by atoms with Crippen LogP contribution in [0.15, 0.2) is 115 Å². The van der Waals surface area contributed by atoms with Gasteiger partial charge in [-0.2, -0.15) is 8.42 Å². The molecule has 0 aliphatic carbocycles. The van der Waals surface area contributed by atoms with E-state index in [-0.39, 0.29) is 17.9 Å². The lowest BCUT2D eigenvalue weighted by atomic mass is 9.84. The molecule has 7 heteroatoms. The summed E-state index contributed by atoms with van der Waals surface area (Å²) in [4.78, 5) is 12.5. The number of benzene rings is 5. The molecular weight excluding hydrogens is 626 g/mol. The number of rotatable bonds is 10. The van der Waals surface area contributed by atoms with Gasteiger partial charge in [0.25, 0.3) is 16.0 Å². The molecular formula is C40H40ClNO4S. The largest absolute Gasteiger partial charge is 0.351 e. The minimum Gasteiger partial charge on any atom is -0.351 e. The highest BCUT2D eigenvalue weighted by molar-refractivity contribution is 7.85. The molecule has 0 aliphatic rings. The van der Waals surface area contributed by atoms with Gasteiger partial charge in [-0.3, -0.25) is 9.35 Å². The highest BCUT2D eigenvalue weighted by Gasteiger charge is 2.18. The van der Waals surface area contributed by atoms with Crippen molar-refractivity contribution in [3.05, 3.63) is 154 Å². The SMILES string of the molecule is Cc1cc(-c2ccc(C(Cc3ccc(C(=O)NCCS(=O)(=O)O)cc3)c3ccc(-c4ccc(C(C)(C)C)cc4)cc3)cc2)ccc1Cl. The Morgan fingerprint density at radius 1 is 0.745 bits per heavy atom. The van der Waals surface area contributed by atoms with Gasteiger partial charge < -0.3 is 5.32 Å². The van der Waals surface area contributed by atoms with Gasteiger partial charge in [0, 0.05) is 23.0 Å². The molecule has 242 valence electrons. The second-order valence-electron chi connectivity index (χ2n) is 13.0. The average molecular weight is 666 g/mol. The summed E-state index contributed by atoms with van der Waals surface area (Å²) in [6, 6.07) is 39.6. The highest BCUT2D eigenvalue weighted by atomic mass is 35.5. The lowest BCUT2D eigenvalue weighted by Crippen LogP contribution is -2.28. The third-order valence-electron chi connectivity index (χ3n) is 8.50. The number of aryl methyl sites for hydroxylation is 1. The average Bonchev–Trinajstić information content (AvgIpc) is 3.04. The van der Waals surface area contributed by atoms with E-state index in [1.807, 2.05) is 31.2 Å². The van der Waals surface area contributed by atoms with E-state index in [9.17, 15) is 13.2 Å². The predicted molar refractivity (Wildman–Crippen MR) is 193 cm³/mol. The molecule has 1 atom stereocenters.